The summed E-state index contributed by atoms with van der Waals surface area (Å²) in [7, 11) is -3.87. The molecule has 2 rings (SSSR count). The summed E-state index contributed by atoms with van der Waals surface area (Å²) in [6.45, 7) is 0. The highest BCUT2D eigenvalue weighted by Gasteiger charge is 2.18. The molecule has 3 nitrogen and oxygen atoms in total. The summed E-state index contributed by atoms with van der Waals surface area (Å²) in [6.07, 6.45) is 6.87. The van der Waals surface area contributed by atoms with Gasteiger partial charge >= 0.3 is 0 Å². The molecule has 0 amide bonds. The number of rotatable bonds is 4. The Balaban J connectivity index is 2.08. The van der Waals surface area contributed by atoms with Gasteiger partial charge < -0.3 is 0 Å². The van der Waals surface area contributed by atoms with Gasteiger partial charge in [0.05, 0.1) is 5.75 Å². The molecular formula is C14H19IO3S. The summed E-state index contributed by atoms with van der Waals surface area (Å²) in [5.74, 6) is 0.461. The normalized spacial score (nSPS) is 17.6. The van der Waals surface area contributed by atoms with Crippen LogP contribution in [0.15, 0.2) is 18.2 Å². The predicted octanol–water partition coefficient (Wildman–Crippen LogP) is 3.77. The van der Waals surface area contributed by atoms with Crippen molar-refractivity contribution in [3.05, 3.63) is 32.9 Å². The Morgan fingerprint density at radius 2 is 1.89 bits per heavy atom. The molecule has 5 heteroatoms. The van der Waals surface area contributed by atoms with Gasteiger partial charge in [-0.05, 0) is 65.0 Å². The zero-order chi connectivity index (χ0) is 13.9. The molecule has 1 aromatic rings. The van der Waals surface area contributed by atoms with Gasteiger partial charge in [0.25, 0.3) is 10.1 Å². The molecule has 1 N–H and O–H groups in total. The lowest BCUT2D eigenvalue weighted by Crippen LogP contribution is -2.09. The maximum atomic E-state index is 10.8. The monoisotopic (exact) mass is 394 g/mol. The minimum atomic E-state index is -3.87. The molecule has 1 fully saturated rings. The van der Waals surface area contributed by atoms with E-state index in [4.69, 9.17) is 4.55 Å². The lowest BCUT2D eigenvalue weighted by Gasteiger charge is -2.23. The van der Waals surface area contributed by atoms with Crippen LogP contribution in [0, 0.1) is 3.57 Å². The summed E-state index contributed by atoms with van der Waals surface area (Å²) in [6, 6.07) is 6.18. The molecule has 0 saturated heterocycles. The first-order valence-electron chi connectivity index (χ1n) is 6.69. The highest BCUT2D eigenvalue weighted by atomic mass is 127. The maximum absolute atomic E-state index is 10.8. The van der Waals surface area contributed by atoms with Gasteiger partial charge in [0.2, 0.25) is 0 Å². The molecule has 106 valence electrons. The van der Waals surface area contributed by atoms with Crippen molar-refractivity contribution in [2.24, 2.45) is 0 Å². The van der Waals surface area contributed by atoms with Crippen molar-refractivity contribution in [3.63, 3.8) is 0 Å². The van der Waals surface area contributed by atoms with Crippen LogP contribution < -0.4 is 0 Å². The van der Waals surface area contributed by atoms with Gasteiger partial charge in [-0.25, -0.2) is 0 Å². The zero-order valence-corrected chi connectivity index (χ0v) is 13.8. The lowest BCUT2D eigenvalue weighted by atomic mass is 9.84. The topological polar surface area (TPSA) is 54.4 Å². The van der Waals surface area contributed by atoms with Crippen molar-refractivity contribution < 1.29 is 13.0 Å². The number of aryl methyl sites for hydroxylation is 1. The molecule has 0 aromatic heterocycles. The fraction of sp³-hybridized carbons (Fsp3) is 0.571. The standard InChI is InChI=1S/C14H19IO3S/c15-14-10-11(8-9-19(16,17)18)6-7-13(14)12-4-2-1-3-5-12/h6-7,10,12H,1-5,8-9H2,(H,16,17,18). The molecule has 1 aliphatic carbocycles. The predicted molar refractivity (Wildman–Crippen MR) is 85.1 cm³/mol. The van der Waals surface area contributed by atoms with Crippen molar-refractivity contribution in [3.8, 4) is 0 Å². The molecule has 19 heavy (non-hydrogen) atoms. The van der Waals surface area contributed by atoms with Gasteiger partial charge in [0.1, 0.15) is 0 Å². The fourth-order valence-corrected chi connectivity index (χ4v) is 4.23. The number of hydrogen-bond acceptors (Lipinski definition) is 2. The van der Waals surface area contributed by atoms with Crippen LogP contribution in [0.25, 0.3) is 0 Å². The largest absolute Gasteiger partial charge is 0.286 e. The van der Waals surface area contributed by atoms with Gasteiger partial charge in [0.15, 0.2) is 0 Å². The third-order valence-corrected chi connectivity index (χ3v) is 5.41. The van der Waals surface area contributed by atoms with E-state index in [0.29, 0.717) is 12.3 Å². The van der Waals surface area contributed by atoms with Gasteiger partial charge in [-0.15, -0.1) is 0 Å². The van der Waals surface area contributed by atoms with E-state index in [1.165, 1.54) is 41.2 Å². The molecule has 0 aliphatic heterocycles. The van der Waals surface area contributed by atoms with Crippen LogP contribution >= 0.6 is 22.6 Å². The fourth-order valence-electron chi connectivity index (χ4n) is 2.72. The Hall–Kier alpha value is -0.140. The molecule has 0 unspecified atom stereocenters. The first kappa shape index (κ1) is 15.3. The van der Waals surface area contributed by atoms with E-state index in [1.807, 2.05) is 6.07 Å². The van der Waals surface area contributed by atoms with Crippen LogP contribution in [0.2, 0.25) is 0 Å². The smallest absolute Gasteiger partial charge is 0.265 e. The summed E-state index contributed by atoms with van der Waals surface area (Å²) < 4.78 is 31.5. The molecule has 1 saturated carbocycles. The molecular weight excluding hydrogens is 375 g/mol. The second-order valence-electron chi connectivity index (χ2n) is 5.23. The van der Waals surface area contributed by atoms with Crippen LogP contribution in [-0.2, 0) is 16.5 Å². The van der Waals surface area contributed by atoms with Crippen molar-refractivity contribution in [1.29, 1.82) is 0 Å². The van der Waals surface area contributed by atoms with Crippen LogP contribution in [0.1, 0.15) is 49.1 Å². The van der Waals surface area contributed by atoms with Crippen molar-refractivity contribution in [2.45, 2.75) is 44.4 Å². The zero-order valence-electron chi connectivity index (χ0n) is 10.8. The number of halogens is 1. The van der Waals surface area contributed by atoms with Crippen molar-refractivity contribution in [2.75, 3.05) is 5.75 Å². The molecule has 0 radical (unpaired) electrons. The van der Waals surface area contributed by atoms with Crippen molar-refractivity contribution in [1.82, 2.24) is 0 Å². The second-order valence-corrected chi connectivity index (χ2v) is 7.96. The average Bonchev–Trinajstić information content (AvgIpc) is 2.37. The van der Waals surface area contributed by atoms with Gasteiger partial charge in [-0.3, -0.25) is 4.55 Å². The number of benzene rings is 1. The van der Waals surface area contributed by atoms with Crippen LogP contribution in [0.5, 0.6) is 0 Å². The average molecular weight is 394 g/mol. The van der Waals surface area contributed by atoms with Gasteiger partial charge in [0, 0.05) is 3.57 Å². The summed E-state index contributed by atoms with van der Waals surface area (Å²) in [5.41, 5.74) is 2.37. The minimum absolute atomic E-state index is 0.203. The minimum Gasteiger partial charge on any atom is -0.286 e. The van der Waals surface area contributed by atoms with Gasteiger partial charge in [-0.2, -0.15) is 8.42 Å². The molecule has 1 aliphatic rings. The highest BCUT2D eigenvalue weighted by Crippen LogP contribution is 2.35. The first-order chi connectivity index (χ1) is 8.96. The third kappa shape index (κ3) is 4.72. The summed E-state index contributed by atoms with van der Waals surface area (Å²) in [5, 5.41) is 0. The third-order valence-electron chi connectivity index (χ3n) is 3.76. The SMILES string of the molecule is O=S(=O)(O)CCc1ccc(C2CCCCC2)c(I)c1. The van der Waals surface area contributed by atoms with Gasteiger partial charge in [-0.1, -0.05) is 31.4 Å². The quantitative estimate of drug-likeness (QED) is 0.625. The van der Waals surface area contributed by atoms with E-state index in [1.54, 1.807) is 0 Å². The van der Waals surface area contributed by atoms with E-state index >= 15 is 0 Å². The van der Waals surface area contributed by atoms with Crippen LogP contribution in [0.3, 0.4) is 0 Å². The maximum Gasteiger partial charge on any atom is 0.265 e. The molecule has 0 atom stereocenters. The number of hydrogen-bond donors (Lipinski definition) is 1. The van der Waals surface area contributed by atoms with Crippen molar-refractivity contribution >= 4 is 32.7 Å². The van der Waals surface area contributed by atoms with E-state index in [2.05, 4.69) is 34.7 Å². The van der Waals surface area contributed by atoms with E-state index < -0.39 is 10.1 Å². The second kappa shape index (κ2) is 6.54. The molecule has 1 aromatic carbocycles. The van der Waals surface area contributed by atoms with Crippen LogP contribution in [-0.4, -0.2) is 18.7 Å². The lowest BCUT2D eigenvalue weighted by molar-refractivity contribution is 0.442. The van der Waals surface area contributed by atoms with E-state index in [0.717, 1.165) is 5.56 Å². The summed E-state index contributed by atoms with van der Waals surface area (Å²) in [4.78, 5) is 0. The van der Waals surface area contributed by atoms with E-state index in [9.17, 15) is 8.42 Å². The summed E-state index contributed by atoms with van der Waals surface area (Å²) >= 11 is 2.34. The Morgan fingerprint density at radius 3 is 2.47 bits per heavy atom. The van der Waals surface area contributed by atoms with E-state index in [-0.39, 0.29) is 5.75 Å². The first-order valence-corrected chi connectivity index (χ1v) is 9.38. The molecule has 0 heterocycles. The Kier molecular flexibility index (Phi) is 5.25. The highest BCUT2D eigenvalue weighted by molar-refractivity contribution is 14.1. The van der Waals surface area contributed by atoms with Crippen LogP contribution in [0.4, 0.5) is 0 Å². The molecule has 0 spiro atoms. The Bertz CT molecular complexity index is 534. The Labute approximate surface area is 128 Å². The Morgan fingerprint density at radius 1 is 1.21 bits per heavy atom. The molecule has 0 bridgehead atoms.